The maximum absolute atomic E-state index is 12.8. The van der Waals surface area contributed by atoms with Gasteiger partial charge in [-0.1, -0.05) is 29.2 Å². The molecule has 1 rings (SSSR count). The summed E-state index contributed by atoms with van der Waals surface area (Å²) >= 11 is 0. The van der Waals surface area contributed by atoms with Crippen LogP contribution >= 0.6 is 0 Å². The maximum atomic E-state index is 12.8. The summed E-state index contributed by atoms with van der Waals surface area (Å²) < 4.78 is 26.9. The minimum Gasteiger partial charge on any atom is -0.392 e. The van der Waals surface area contributed by atoms with E-state index in [1.807, 2.05) is 13.8 Å². The lowest BCUT2D eigenvalue weighted by atomic mass is 10.1. The van der Waals surface area contributed by atoms with E-state index in [0.29, 0.717) is 0 Å². The molecule has 1 aromatic rings. The number of hydrogen-bond acceptors (Lipinski definition) is 3. The Morgan fingerprint density at radius 3 is 2.27 bits per heavy atom. The van der Waals surface area contributed by atoms with Crippen LogP contribution in [0.25, 0.3) is 0 Å². The van der Waals surface area contributed by atoms with Gasteiger partial charge in [0.15, 0.2) is 0 Å². The molecule has 120 valence electrons. The van der Waals surface area contributed by atoms with E-state index in [-0.39, 0.29) is 24.6 Å². The molecule has 4 nitrogen and oxygen atoms in total. The average Bonchev–Trinajstić information content (AvgIpc) is 2.50. The topological polar surface area (TPSA) is 57.6 Å². The second kappa shape index (κ2) is 8.14. The third-order valence-corrected chi connectivity index (χ3v) is 5.28. The van der Waals surface area contributed by atoms with Gasteiger partial charge in [0.2, 0.25) is 10.0 Å². The van der Waals surface area contributed by atoms with Crippen LogP contribution in [0, 0.1) is 18.8 Å². The van der Waals surface area contributed by atoms with Gasteiger partial charge in [-0.15, -0.1) is 5.92 Å². The quantitative estimate of drug-likeness (QED) is 0.646. The summed E-state index contributed by atoms with van der Waals surface area (Å²) in [5.74, 6) is 5.54. The van der Waals surface area contributed by atoms with Gasteiger partial charge in [-0.25, -0.2) is 8.42 Å². The molecule has 0 fully saturated rings. The number of aryl methyl sites for hydroxylation is 1. The lowest BCUT2D eigenvalue weighted by Crippen LogP contribution is -2.33. The van der Waals surface area contributed by atoms with Crippen LogP contribution in [0.2, 0.25) is 0 Å². The molecule has 0 aliphatic heterocycles. The third-order valence-electron chi connectivity index (χ3n) is 3.47. The van der Waals surface area contributed by atoms with Crippen molar-refractivity contribution in [3.05, 3.63) is 41.0 Å². The van der Waals surface area contributed by atoms with E-state index < -0.39 is 10.0 Å². The number of benzene rings is 1. The van der Waals surface area contributed by atoms with Gasteiger partial charge in [-0.3, -0.25) is 0 Å². The van der Waals surface area contributed by atoms with Crippen LogP contribution in [-0.4, -0.2) is 37.5 Å². The van der Waals surface area contributed by atoms with E-state index in [1.165, 1.54) is 4.31 Å². The summed E-state index contributed by atoms with van der Waals surface area (Å²) in [6.45, 7) is 7.47. The molecular weight excluding hydrogens is 298 g/mol. The first-order valence-corrected chi connectivity index (χ1v) is 8.49. The van der Waals surface area contributed by atoms with Gasteiger partial charge in [0.05, 0.1) is 18.0 Å². The highest BCUT2D eigenvalue weighted by Crippen LogP contribution is 2.18. The zero-order valence-corrected chi connectivity index (χ0v) is 14.4. The van der Waals surface area contributed by atoms with Crippen LogP contribution in [0.4, 0.5) is 0 Å². The molecule has 0 aliphatic rings. The van der Waals surface area contributed by atoms with Crippen molar-refractivity contribution in [2.45, 2.75) is 32.6 Å². The molecule has 0 saturated carbocycles. The molecule has 0 unspecified atom stereocenters. The van der Waals surface area contributed by atoms with E-state index in [9.17, 15) is 13.5 Å². The van der Waals surface area contributed by atoms with Crippen molar-refractivity contribution < 1.29 is 13.5 Å². The Balaban J connectivity index is 3.19. The number of hydrogen-bond donors (Lipinski definition) is 1. The Kier molecular flexibility index (Phi) is 6.82. The fourth-order valence-corrected chi connectivity index (χ4v) is 3.16. The van der Waals surface area contributed by atoms with Crippen LogP contribution in [0.3, 0.4) is 0 Å². The van der Waals surface area contributed by atoms with E-state index in [2.05, 4.69) is 11.8 Å². The summed E-state index contributed by atoms with van der Waals surface area (Å²) in [6, 6.07) is 6.76. The lowest BCUT2D eigenvalue weighted by Gasteiger charge is -2.21. The summed E-state index contributed by atoms with van der Waals surface area (Å²) in [5, 5.41) is 9.19. The van der Waals surface area contributed by atoms with Crippen molar-refractivity contribution in [3.63, 3.8) is 0 Å². The number of rotatable bonds is 6. The largest absolute Gasteiger partial charge is 0.392 e. The average molecular weight is 321 g/mol. The van der Waals surface area contributed by atoms with Gasteiger partial charge >= 0.3 is 0 Å². The Morgan fingerprint density at radius 2 is 1.77 bits per heavy atom. The monoisotopic (exact) mass is 321 g/mol. The van der Waals surface area contributed by atoms with E-state index in [1.54, 1.807) is 38.1 Å². The summed E-state index contributed by atoms with van der Waals surface area (Å²) in [7, 11) is -3.61. The minimum atomic E-state index is -3.61. The normalized spacial score (nSPS) is 12.6. The second-order valence-electron chi connectivity index (χ2n) is 5.23. The molecule has 22 heavy (non-hydrogen) atoms. The molecule has 0 aliphatic carbocycles. The van der Waals surface area contributed by atoms with Crippen molar-refractivity contribution >= 4 is 10.0 Å². The van der Waals surface area contributed by atoms with Crippen LogP contribution < -0.4 is 0 Å². The van der Waals surface area contributed by atoms with E-state index in [4.69, 9.17) is 0 Å². The molecule has 1 aromatic carbocycles. The standard InChI is InChI=1S/C17H23NO3S/c1-5-6-11-18(12-15(3)16(4)13-19)22(20,21)17-9-7-14(2)8-10-17/h7-10,19H,11-13H2,1-4H3/b16-15-. The molecule has 1 N–H and O–H groups in total. The molecule has 0 spiro atoms. The number of aliphatic hydroxyl groups excluding tert-OH is 1. The first kappa shape index (κ1) is 18.4. The van der Waals surface area contributed by atoms with Crippen LogP contribution in [0.1, 0.15) is 26.3 Å². The molecule has 0 saturated heterocycles. The highest BCUT2D eigenvalue weighted by atomic mass is 32.2. The van der Waals surface area contributed by atoms with Crippen LogP contribution in [0.5, 0.6) is 0 Å². The molecule has 0 aromatic heterocycles. The molecular formula is C17H23NO3S. The molecule has 0 radical (unpaired) electrons. The Bertz CT molecular complexity index is 692. The van der Waals surface area contributed by atoms with Gasteiger partial charge < -0.3 is 5.11 Å². The molecule has 0 atom stereocenters. The number of sulfonamides is 1. The Labute approximate surface area is 133 Å². The second-order valence-corrected chi connectivity index (χ2v) is 7.17. The van der Waals surface area contributed by atoms with Crippen molar-refractivity contribution in [1.29, 1.82) is 0 Å². The van der Waals surface area contributed by atoms with Crippen molar-refractivity contribution in [1.82, 2.24) is 4.31 Å². The highest BCUT2D eigenvalue weighted by Gasteiger charge is 2.24. The maximum Gasteiger partial charge on any atom is 0.244 e. The van der Waals surface area contributed by atoms with Gasteiger partial charge in [0.25, 0.3) is 0 Å². The predicted octanol–water partition coefficient (Wildman–Crippen LogP) is 2.34. The predicted molar refractivity (Wildman–Crippen MR) is 88.8 cm³/mol. The Morgan fingerprint density at radius 1 is 1.18 bits per heavy atom. The lowest BCUT2D eigenvalue weighted by molar-refractivity contribution is 0.328. The van der Waals surface area contributed by atoms with Crippen LogP contribution in [-0.2, 0) is 10.0 Å². The molecule has 5 heteroatoms. The summed E-state index contributed by atoms with van der Waals surface area (Å²) in [4.78, 5) is 0.255. The zero-order valence-electron chi connectivity index (χ0n) is 13.5. The summed E-state index contributed by atoms with van der Waals surface area (Å²) in [5.41, 5.74) is 2.61. The smallest absolute Gasteiger partial charge is 0.244 e. The molecule has 0 amide bonds. The van der Waals surface area contributed by atoms with Crippen molar-refractivity contribution in [2.24, 2.45) is 0 Å². The fourth-order valence-electron chi connectivity index (χ4n) is 1.79. The highest BCUT2D eigenvalue weighted by molar-refractivity contribution is 7.89. The van der Waals surface area contributed by atoms with Gasteiger partial charge in [0, 0.05) is 6.54 Å². The first-order valence-electron chi connectivity index (χ1n) is 7.05. The van der Waals surface area contributed by atoms with Crippen molar-refractivity contribution in [3.8, 4) is 11.8 Å². The zero-order chi connectivity index (χ0) is 16.8. The fraction of sp³-hybridized carbons (Fsp3) is 0.412. The third kappa shape index (κ3) is 4.70. The van der Waals surface area contributed by atoms with Gasteiger partial charge in [0.1, 0.15) is 0 Å². The molecule has 0 heterocycles. The minimum absolute atomic E-state index is 0.0797. The first-order chi connectivity index (χ1) is 10.3. The SMILES string of the molecule is CC#CCN(C/C(C)=C(/C)CO)S(=O)(=O)c1ccc(C)cc1. The molecule has 0 bridgehead atoms. The van der Waals surface area contributed by atoms with Crippen molar-refractivity contribution in [2.75, 3.05) is 19.7 Å². The number of aliphatic hydroxyl groups is 1. The summed E-state index contributed by atoms with van der Waals surface area (Å²) in [6.07, 6.45) is 0. The van der Waals surface area contributed by atoms with Crippen LogP contribution in [0.15, 0.2) is 40.3 Å². The van der Waals surface area contributed by atoms with E-state index >= 15 is 0 Å². The van der Waals surface area contributed by atoms with Gasteiger partial charge in [-0.2, -0.15) is 4.31 Å². The number of nitrogens with zero attached hydrogens (tertiary/aromatic N) is 1. The Hall–Kier alpha value is -1.61. The van der Waals surface area contributed by atoms with E-state index in [0.717, 1.165) is 16.7 Å². The van der Waals surface area contributed by atoms with Gasteiger partial charge in [-0.05, 0) is 45.4 Å².